The molecule has 3 aromatic rings. The molecule has 0 aliphatic heterocycles. The van der Waals surface area contributed by atoms with Crippen LogP contribution in [-0.4, -0.2) is 42.8 Å². The molecule has 0 fully saturated rings. The van der Waals surface area contributed by atoms with Crippen molar-refractivity contribution in [2.75, 3.05) is 30.8 Å². The van der Waals surface area contributed by atoms with Gasteiger partial charge in [-0.25, -0.2) is 4.98 Å². The zero-order valence-corrected chi connectivity index (χ0v) is 20.3. The predicted molar refractivity (Wildman–Crippen MR) is 142 cm³/mol. The average molecular weight is 489 g/mol. The van der Waals surface area contributed by atoms with Gasteiger partial charge in [-0.2, -0.15) is 0 Å². The molecular formula is C27H32N6O3. The first kappa shape index (κ1) is 26.4. The number of hydrogen-bond donors (Lipinski definition) is 5. The maximum atomic E-state index is 13.1. The summed E-state index contributed by atoms with van der Waals surface area (Å²) in [6, 6.07) is 16.8. The number of aromatic nitrogens is 1. The van der Waals surface area contributed by atoms with Crippen molar-refractivity contribution in [3.8, 4) is 5.75 Å². The van der Waals surface area contributed by atoms with Crippen LogP contribution >= 0.6 is 0 Å². The number of carbonyl (C=O) groups is 2. The number of nitrogens with two attached hydrogens (primary N) is 1. The highest BCUT2D eigenvalue weighted by molar-refractivity contribution is 6.12. The predicted octanol–water partition coefficient (Wildman–Crippen LogP) is 4.03. The van der Waals surface area contributed by atoms with Crippen LogP contribution in [0.15, 0.2) is 66.9 Å². The van der Waals surface area contributed by atoms with E-state index in [2.05, 4.69) is 20.9 Å². The molecule has 1 aromatic heterocycles. The molecule has 0 radical (unpaired) electrons. The van der Waals surface area contributed by atoms with Gasteiger partial charge in [0.1, 0.15) is 17.4 Å². The van der Waals surface area contributed by atoms with Gasteiger partial charge in [0, 0.05) is 24.4 Å². The van der Waals surface area contributed by atoms with Crippen LogP contribution < -0.4 is 26.4 Å². The Morgan fingerprint density at radius 3 is 2.36 bits per heavy atom. The Bertz CT molecular complexity index is 1170. The first-order chi connectivity index (χ1) is 17.5. The van der Waals surface area contributed by atoms with Crippen molar-refractivity contribution < 1.29 is 14.3 Å². The number of anilines is 2. The number of unbranched alkanes of at least 4 members (excludes halogenated alkanes) is 3. The monoisotopic (exact) mass is 488 g/mol. The van der Waals surface area contributed by atoms with Gasteiger partial charge in [0.05, 0.1) is 17.9 Å². The lowest BCUT2D eigenvalue weighted by Crippen LogP contribution is -2.20. The first-order valence-electron chi connectivity index (χ1n) is 11.9. The zero-order chi connectivity index (χ0) is 25.8. The smallest absolute Gasteiger partial charge is 0.259 e. The maximum Gasteiger partial charge on any atom is 0.259 e. The highest BCUT2D eigenvalue weighted by Crippen LogP contribution is 2.24. The third-order valence-corrected chi connectivity index (χ3v) is 5.44. The molecule has 0 aliphatic rings. The number of amidine groups is 1. The molecule has 2 aromatic carbocycles. The Morgan fingerprint density at radius 2 is 1.67 bits per heavy atom. The molecule has 9 heteroatoms. The lowest BCUT2D eigenvalue weighted by molar-refractivity contribution is 0.102. The van der Waals surface area contributed by atoms with Gasteiger partial charge < -0.3 is 26.4 Å². The van der Waals surface area contributed by atoms with Crippen molar-refractivity contribution in [3.63, 3.8) is 0 Å². The molecule has 3 rings (SSSR count). The molecular weight excluding hydrogens is 456 g/mol. The minimum absolute atomic E-state index is 0.253. The summed E-state index contributed by atoms with van der Waals surface area (Å²) >= 11 is 0. The standard InChI is InChI=1S/C27H32N6O3/c1-30-25(29)19-9-11-20(12-10-19)26(34)32-23-14-13-21(36-17-7-3-2-5-15-28)18-22(23)27(35)33-24-8-4-6-16-31-24/h4,6,8-14,16,18H,2-3,5,7,15,17,28H2,1H3,(H2,29,30)(H,32,34)(H,31,33,35). The van der Waals surface area contributed by atoms with E-state index in [0.29, 0.717) is 41.5 Å². The second kappa shape index (κ2) is 13.6. The van der Waals surface area contributed by atoms with Crippen molar-refractivity contribution >= 4 is 29.2 Å². The number of amides is 2. The minimum Gasteiger partial charge on any atom is -0.494 e. The average Bonchev–Trinajstić information content (AvgIpc) is 2.91. The summed E-state index contributed by atoms with van der Waals surface area (Å²) in [4.78, 5) is 30.2. The van der Waals surface area contributed by atoms with Crippen LogP contribution in [0.25, 0.3) is 0 Å². The van der Waals surface area contributed by atoms with E-state index in [4.69, 9.17) is 15.9 Å². The Hall–Kier alpha value is -4.24. The highest BCUT2D eigenvalue weighted by Gasteiger charge is 2.17. The topological polar surface area (TPSA) is 142 Å². The molecule has 0 atom stereocenters. The fraction of sp³-hybridized carbons (Fsp3) is 0.259. The fourth-order valence-electron chi connectivity index (χ4n) is 3.45. The number of hydrogen-bond acceptors (Lipinski definition) is 6. The number of ether oxygens (including phenoxy) is 1. The molecule has 188 valence electrons. The number of nitrogens with one attached hydrogen (secondary N) is 4. The van der Waals surface area contributed by atoms with Gasteiger partial charge in [-0.1, -0.05) is 31.0 Å². The Balaban J connectivity index is 1.76. The normalized spacial score (nSPS) is 10.4. The quantitative estimate of drug-likeness (QED) is 0.148. The van der Waals surface area contributed by atoms with Crippen molar-refractivity contribution in [2.45, 2.75) is 25.7 Å². The van der Waals surface area contributed by atoms with Gasteiger partial charge >= 0.3 is 0 Å². The van der Waals surface area contributed by atoms with E-state index in [1.54, 1.807) is 73.9 Å². The van der Waals surface area contributed by atoms with E-state index in [0.717, 1.165) is 25.7 Å². The number of nitrogens with zero attached hydrogens (tertiary/aromatic N) is 1. The van der Waals surface area contributed by atoms with Gasteiger partial charge in [0.25, 0.3) is 11.8 Å². The molecule has 0 spiro atoms. The number of pyridine rings is 1. The molecule has 1 heterocycles. The van der Waals surface area contributed by atoms with Gasteiger partial charge in [-0.05, 0) is 61.9 Å². The first-order valence-corrected chi connectivity index (χ1v) is 11.9. The largest absolute Gasteiger partial charge is 0.494 e. The van der Waals surface area contributed by atoms with Crippen molar-refractivity contribution in [1.82, 2.24) is 10.3 Å². The maximum absolute atomic E-state index is 13.1. The van der Waals surface area contributed by atoms with Crippen molar-refractivity contribution in [1.29, 1.82) is 5.41 Å². The van der Waals surface area contributed by atoms with E-state index in [9.17, 15) is 9.59 Å². The van der Waals surface area contributed by atoms with Gasteiger partial charge in [-0.15, -0.1) is 0 Å². The molecule has 0 bridgehead atoms. The Kier molecular flexibility index (Phi) is 9.96. The van der Waals surface area contributed by atoms with E-state index in [-0.39, 0.29) is 17.3 Å². The van der Waals surface area contributed by atoms with Crippen molar-refractivity contribution in [2.24, 2.45) is 5.73 Å². The lowest BCUT2D eigenvalue weighted by Gasteiger charge is -2.14. The lowest BCUT2D eigenvalue weighted by atomic mass is 10.1. The van der Waals surface area contributed by atoms with Gasteiger partial charge in [-0.3, -0.25) is 15.0 Å². The van der Waals surface area contributed by atoms with E-state index >= 15 is 0 Å². The van der Waals surface area contributed by atoms with Gasteiger partial charge in [0.15, 0.2) is 0 Å². The molecule has 0 saturated heterocycles. The van der Waals surface area contributed by atoms with Crippen LogP contribution in [0.2, 0.25) is 0 Å². The number of rotatable bonds is 12. The Labute approximate surface area is 211 Å². The molecule has 9 nitrogen and oxygen atoms in total. The number of carbonyl (C=O) groups excluding carboxylic acids is 2. The minimum atomic E-state index is -0.421. The van der Waals surface area contributed by atoms with E-state index < -0.39 is 5.91 Å². The third-order valence-electron chi connectivity index (χ3n) is 5.44. The second-order valence-electron chi connectivity index (χ2n) is 8.08. The van der Waals surface area contributed by atoms with Crippen molar-refractivity contribution in [3.05, 3.63) is 83.6 Å². The van der Waals surface area contributed by atoms with Gasteiger partial charge in [0.2, 0.25) is 0 Å². The van der Waals surface area contributed by atoms with Crippen LogP contribution in [0.4, 0.5) is 11.5 Å². The summed E-state index contributed by atoms with van der Waals surface area (Å²) in [6.07, 6.45) is 5.53. The second-order valence-corrected chi connectivity index (χ2v) is 8.08. The zero-order valence-electron chi connectivity index (χ0n) is 20.3. The van der Waals surface area contributed by atoms with Crippen LogP contribution in [0.1, 0.15) is 52.0 Å². The summed E-state index contributed by atoms with van der Waals surface area (Å²) in [5.74, 6) is 0.389. The third kappa shape index (κ3) is 7.64. The number of benzene rings is 2. The summed E-state index contributed by atoms with van der Waals surface area (Å²) in [7, 11) is 1.66. The molecule has 6 N–H and O–H groups in total. The Morgan fingerprint density at radius 1 is 0.917 bits per heavy atom. The van der Waals surface area contributed by atoms with E-state index in [1.807, 2.05) is 0 Å². The van der Waals surface area contributed by atoms with Crippen LogP contribution in [0, 0.1) is 5.41 Å². The fourth-order valence-corrected chi connectivity index (χ4v) is 3.45. The molecule has 0 saturated carbocycles. The summed E-state index contributed by atoms with van der Waals surface area (Å²) in [6.45, 7) is 1.21. The van der Waals surface area contributed by atoms with Crippen LogP contribution in [-0.2, 0) is 0 Å². The molecule has 0 aliphatic carbocycles. The molecule has 0 unspecified atom stereocenters. The highest BCUT2D eigenvalue weighted by atomic mass is 16.5. The van der Waals surface area contributed by atoms with E-state index in [1.165, 1.54) is 0 Å². The summed E-state index contributed by atoms with van der Waals surface area (Å²) in [5, 5.41) is 16.2. The summed E-state index contributed by atoms with van der Waals surface area (Å²) < 4.78 is 5.85. The van der Waals surface area contributed by atoms with Crippen LogP contribution in [0.3, 0.4) is 0 Å². The summed E-state index contributed by atoms with van der Waals surface area (Å²) in [5.41, 5.74) is 7.19. The molecule has 36 heavy (non-hydrogen) atoms. The van der Waals surface area contributed by atoms with Crippen LogP contribution in [0.5, 0.6) is 5.75 Å². The molecule has 2 amide bonds. The SMILES string of the molecule is CNC(=N)c1ccc(C(=O)Nc2ccc(OCCCCCCN)cc2C(=O)Nc2ccccn2)cc1.